The van der Waals surface area contributed by atoms with Gasteiger partial charge in [0.2, 0.25) is 0 Å². The maximum absolute atomic E-state index is 9.09. The van der Waals surface area contributed by atoms with Gasteiger partial charge in [0.25, 0.3) is 0 Å². The van der Waals surface area contributed by atoms with Crippen molar-refractivity contribution >= 4 is 11.4 Å². The molecule has 1 aliphatic rings. The molecular weight excluding hydrogens is 166 g/mol. The standard InChI is InChI=1S/C9H13N3O/c10-7-5-11-4-1-8(7)12-9(6-13)2-3-9/h1,4-5,13H,2-3,6,10H2,(H,11,12). The Morgan fingerprint density at radius 2 is 2.38 bits per heavy atom. The molecule has 13 heavy (non-hydrogen) atoms. The molecule has 1 aromatic rings. The fourth-order valence-electron chi connectivity index (χ4n) is 1.28. The predicted molar refractivity (Wildman–Crippen MR) is 51.3 cm³/mol. The zero-order valence-electron chi connectivity index (χ0n) is 7.33. The Bertz CT molecular complexity index is 309. The number of nitrogens with zero attached hydrogens (tertiary/aromatic N) is 1. The van der Waals surface area contributed by atoms with E-state index in [1.54, 1.807) is 12.4 Å². The number of pyridine rings is 1. The summed E-state index contributed by atoms with van der Waals surface area (Å²) in [7, 11) is 0. The third-order valence-corrected chi connectivity index (χ3v) is 2.41. The summed E-state index contributed by atoms with van der Waals surface area (Å²) in [5.74, 6) is 0. The molecule has 4 heteroatoms. The molecule has 0 bridgehead atoms. The number of nitrogens with two attached hydrogens (primary N) is 1. The second-order valence-electron chi connectivity index (χ2n) is 3.53. The van der Waals surface area contributed by atoms with E-state index in [9.17, 15) is 0 Å². The molecule has 1 aliphatic carbocycles. The molecule has 1 aromatic heterocycles. The Kier molecular flexibility index (Phi) is 1.84. The number of aromatic nitrogens is 1. The van der Waals surface area contributed by atoms with E-state index in [4.69, 9.17) is 10.8 Å². The SMILES string of the molecule is Nc1cnccc1NC1(CO)CC1. The van der Waals surface area contributed by atoms with Crippen molar-refractivity contribution in [2.24, 2.45) is 0 Å². The average Bonchev–Trinajstić information content (AvgIpc) is 2.90. The summed E-state index contributed by atoms with van der Waals surface area (Å²) in [5.41, 5.74) is 7.08. The number of hydrogen-bond acceptors (Lipinski definition) is 4. The predicted octanol–water partition coefficient (Wildman–Crippen LogP) is 0.601. The quantitative estimate of drug-likeness (QED) is 0.635. The third kappa shape index (κ3) is 1.58. The number of aliphatic hydroxyl groups is 1. The van der Waals surface area contributed by atoms with E-state index in [0.717, 1.165) is 18.5 Å². The molecular formula is C9H13N3O. The molecule has 1 heterocycles. The molecule has 0 saturated heterocycles. The van der Waals surface area contributed by atoms with E-state index in [1.807, 2.05) is 6.07 Å². The zero-order chi connectivity index (χ0) is 9.31. The molecule has 0 aromatic carbocycles. The summed E-state index contributed by atoms with van der Waals surface area (Å²) in [6, 6.07) is 1.82. The molecule has 0 amide bonds. The van der Waals surface area contributed by atoms with E-state index in [-0.39, 0.29) is 12.1 Å². The number of nitrogens with one attached hydrogen (secondary N) is 1. The van der Waals surface area contributed by atoms with Crippen LogP contribution in [0, 0.1) is 0 Å². The molecule has 0 aliphatic heterocycles. The number of rotatable bonds is 3. The minimum absolute atomic E-state index is 0.116. The highest BCUT2D eigenvalue weighted by atomic mass is 16.3. The second kappa shape index (κ2) is 2.88. The van der Waals surface area contributed by atoms with Gasteiger partial charge in [-0.2, -0.15) is 0 Å². The highest BCUT2D eigenvalue weighted by Gasteiger charge is 2.42. The molecule has 4 nitrogen and oxygen atoms in total. The summed E-state index contributed by atoms with van der Waals surface area (Å²) < 4.78 is 0. The average molecular weight is 179 g/mol. The van der Waals surface area contributed by atoms with Gasteiger partial charge in [-0.1, -0.05) is 0 Å². The summed E-state index contributed by atoms with van der Waals surface area (Å²) in [6.45, 7) is 0.161. The van der Waals surface area contributed by atoms with Crippen molar-refractivity contribution in [1.29, 1.82) is 0 Å². The Balaban J connectivity index is 2.14. The molecule has 0 atom stereocenters. The van der Waals surface area contributed by atoms with Gasteiger partial charge < -0.3 is 16.2 Å². The fourth-order valence-corrected chi connectivity index (χ4v) is 1.28. The highest BCUT2D eigenvalue weighted by molar-refractivity contribution is 5.66. The topological polar surface area (TPSA) is 71.2 Å². The van der Waals surface area contributed by atoms with E-state index in [2.05, 4.69) is 10.3 Å². The highest BCUT2D eigenvalue weighted by Crippen LogP contribution is 2.39. The van der Waals surface area contributed by atoms with Crippen LogP contribution in [0.1, 0.15) is 12.8 Å². The van der Waals surface area contributed by atoms with Crippen molar-refractivity contribution in [3.63, 3.8) is 0 Å². The molecule has 0 radical (unpaired) electrons. The van der Waals surface area contributed by atoms with Gasteiger partial charge in [-0.15, -0.1) is 0 Å². The number of nitrogen functional groups attached to an aromatic ring is 1. The van der Waals surface area contributed by atoms with Gasteiger partial charge in [0.15, 0.2) is 0 Å². The van der Waals surface area contributed by atoms with Crippen LogP contribution in [0.15, 0.2) is 18.5 Å². The number of hydrogen-bond donors (Lipinski definition) is 3. The monoisotopic (exact) mass is 179 g/mol. The van der Waals surface area contributed by atoms with Crippen LogP contribution in [0.4, 0.5) is 11.4 Å². The van der Waals surface area contributed by atoms with Crippen molar-refractivity contribution in [3.8, 4) is 0 Å². The van der Waals surface area contributed by atoms with Gasteiger partial charge in [-0.25, -0.2) is 0 Å². The van der Waals surface area contributed by atoms with E-state index in [0.29, 0.717) is 5.69 Å². The van der Waals surface area contributed by atoms with Crippen LogP contribution in [-0.2, 0) is 0 Å². The third-order valence-electron chi connectivity index (χ3n) is 2.41. The van der Waals surface area contributed by atoms with Crippen molar-refractivity contribution < 1.29 is 5.11 Å². The van der Waals surface area contributed by atoms with Gasteiger partial charge >= 0.3 is 0 Å². The zero-order valence-corrected chi connectivity index (χ0v) is 7.33. The van der Waals surface area contributed by atoms with E-state index < -0.39 is 0 Å². The number of aliphatic hydroxyl groups excluding tert-OH is 1. The summed E-state index contributed by atoms with van der Waals surface area (Å²) in [6.07, 6.45) is 5.30. The van der Waals surface area contributed by atoms with E-state index >= 15 is 0 Å². The maximum atomic E-state index is 9.09. The molecule has 2 rings (SSSR count). The smallest absolute Gasteiger partial charge is 0.0736 e. The first-order chi connectivity index (χ1) is 6.26. The van der Waals surface area contributed by atoms with Crippen molar-refractivity contribution in [2.45, 2.75) is 18.4 Å². The van der Waals surface area contributed by atoms with E-state index in [1.165, 1.54) is 0 Å². The minimum Gasteiger partial charge on any atom is -0.396 e. The lowest BCUT2D eigenvalue weighted by atomic mass is 10.2. The first kappa shape index (κ1) is 8.31. The van der Waals surface area contributed by atoms with Crippen LogP contribution in [0.5, 0.6) is 0 Å². The summed E-state index contributed by atoms with van der Waals surface area (Å²) in [4.78, 5) is 3.89. The molecule has 0 unspecified atom stereocenters. The van der Waals surface area contributed by atoms with Crippen LogP contribution in [-0.4, -0.2) is 22.2 Å². The van der Waals surface area contributed by atoms with Crippen molar-refractivity contribution in [3.05, 3.63) is 18.5 Å². The maximum Gasteiger partial charge on any atom is 0.0736 e. The van der Waals surface area contributed by atoms with Crippen LogP contribution >= 0.6 is 0 Å². The van der Waals surface area contributed by atoms with Gasteiger partial charge in [0, 0.05) is 6.20 Å². The van der Waals surface area contributed by atoms with Gasteiger partial charge in [0.1, 0.15) is 0 Å². The molecule has 1 saturated carbocycles. The molecule has 0 spiro atoms. The Morgan fingerprint density at radius 1 is 1.62 bits per heavy atom. The lowest BCUT2D eigenvalue weighted by molar-refractivity contribution is 0.266. The summed E-state index contributed by atoms with van der Waals surface area (Å²) in [5, 5.41) is 12.3. The normalized spacial score (nSPS) is 18.2. The van der Waals surface area contributed by atoms with Crippen molar-refractivity contribution in [1.82, 2.24) is 4.98 Å². The summed E-state index contributed by atoms with van der Waals surface area (Å²) >= 11 is 0. The Labute approximate surface area is 76.8 Å². The van der Waals surface area contributed by atoms with Crippen molar-refractivity contribution in [2.75, 3.05) is 17.7 Å². The van der Waals surface area contributed by atoms with Gasteiger partial charge in [-0.05, 0) is 18.9 Å². The molecule has 70 valence electrons. The van der Waals surface area contributed by atoms with Gasteiger partial charge in [0.05, 0.1) is 29.7 Å². The lowest BCUT2D eigenvalue weighted by Crippen LogP contribution is -2.26. The van der Waals surface area contributed by atoms with Crippen LogP contribution in [0.3, 0.4) is 0 Å². The van der Waals surface area contributed by atoms with Gasteiger partial charge in [-0.3, -0.25) is 4.98 Å². The largest absolute Gasteiger partial charge is 0.396 e. The Hall–Kier alpha value is -1.29. The number of anilines is 2. The first-order valence-electron chi connectivity index (χ1n) is 4.34. The van der Waals surface area contributed by atoms with Crippen LogP contribution < -0.4 is 11.1 Å². The molecule has 1 fully saturated rings. The van der Waals surface area contributed by atoms with Crippen LogP contribution in [0.2, 0.25) is 0 Å². The minimum atomic E-state index is -0.116. The van der Waals surface area contributed by atoms with Crippen LogP contribution in [0.25, 0.3) is 0 Å². The first-order valence-corrected chi connectivity index (χ1v) is 4.34. The fraction of sp³-hybridized carbons (Fsp3) is 0.444. The Morgan fingerprint density at radius 3 is 2.92 bits per heavy atom. The molecule has 4 N–H and O–H groups in total. The second-order valence-corrected chi connectivity index (χ2v) is 3.53. The lowest BCUT2D eigenvalue weighted by Gasteiger charge is -2.16.